The lowest BCUT2D eigenvalue weighted by molar-refractivity contribution is 0.0790. The van der Waals surface area contributed by atoms with Gasteiger partial charge < -0.3 is 19.4 Å². The zero-order chi connectivity index (χ0) is 16.8. The van der Waals surface area contributed by atoms with E-state index in [1.165, 1.54) is 10.9 Å². The molecule has 5 heteroatoms. The van der Waals surface area contributed by atoms with Crippen molar-refractivity contribution >= 4 is 16.8 Å². The van der Waals surface area contributed by atoms with E-state index >= 15 is 0 Å². The Labute approximate surface area is 145 Å². The van der Waals surface area contributed by atoms with Gasteiger partial charge in [0.15, 0.2) is 11.5 Å². The molecule has 5 rings (SSSR count). The highest BCUT2D eigenvalue weighted by Crippen LogP contribution is 2.35. The molecule has 3 heterocycles. The van der Waals surface area contributed by atoms with Gasteiger partial charge in [0.25, 0.3) is 5.91 Å². The molecule has 1 saturated heterocycles. The van der Waals surface area contributed by atoms with Crippen LogP contribution in [-0.2, 0) is 0 Å². The van der Waals surface area contributed by atoms with E-state index in [4.69, 9.17) is 9.47 Å². The quantitative estimate of drug-likeness (QED) is 0.780. The van der Waals surface area contributed by atoms with E-state index in [9.17, 15) is 4.79 Å². The van der Waals surface area contributed by atoms with Crippen LogP contribution in [-0.4, -0.2) is 35.7 Å². The van der Waals surface area contributed by atoms with Crippen LogP contribution in [0.15, 0.2) is 48.7 Å². The van der Waals surface area contributed by atoms with Gasteiger partial charge in [-0.2, -0.15) is 0 Å². The molecule has 5 nitrogen and oxygen atoms in total. The maximum absolute atomic E-state index is 12.8. The first-order chi connectivity index (χ1) is 12.3. The maximum Gasteiger partial charge on any atom is 0.254 e. The topological polar surface area (TPSA) is 54.6 Å². The molecule has 2 aliphatic rings. The summed E-state index contributed by atoms with van der Waals surface area (Å²) in [5.74, 6) is 1.78. The van der Waals surface area contributed by atoms with Crippen molar-refractivity contribution in [1.29, 1.82) is 0 Å². The van der Waals surface area contributed by atoms with Crippen LogP contribution in [0.1, 0.15) is 28.3 Å². The summed E-state index contributed by atoms with van der Waals surface area (Å²) in [6.07, 6.45) is 3.07. The predicted octanol–water partition coefficient (Wildman–Crippen LogP) is 3.53. The molecular formula is C20H18N2O3. The fourth-order valence-electron chi connectivity index (χ4n) is 3.84. The lowest BCUT2D eigenvalue weighted by Gasteiger charge is -2.17. The molecule has 0 aliphatic carbocycles. The summed E-state index contributed by atoms with van der Waals surface area (Å²) in [5.41, 5.74) is 3.11. The molecular weight excluding hydrogens is 316 g/mol. The third-order valence-corrected chi connectivity index (χ3v) is 5.16. The minimum absolute atomic E-state index is 0.0561. The third-order valence-electron chi connectivity index (χ3n) is 5.16. The predicted molar refractivity (Wildman–Crippen MR) is 94.1 cm³/mol. The van der Waals surface area contributed by atoms with Gasteiger partial charge in [-0.25, -0.2) is 0 Å². The number of aromatic nitrogens is 1. The number of rotatable bonds is 2. The highest BCUT2D eigenvalue weighted by Gasteiger charge is 2.30. The van der Waals surface area contributed by atoms with Gasteiger partial charge in [-0.05, 0) is 36.2 Å². The highest BCUT2D eigenvalue weighted by molar-refractivity contribution is 5.95. The van der Waals surface area contributed by atoms with Crippen LogP contribution in [0.2, 0.25) is 0 Å². The lowest BCUT2D eigenvalue weighted by atomic mass is 9.98. The van der Waals surface area contributed by atoms with E-state index in [0.717, 1.165) is 25.0 Å². The first-order valence-corrected chi connectivity index (χ1v) is 8.54. The molecule has 1 aromatic heterocycles. The zero-order valence-corrected chi connectivity index (χ0v) is 13.7. The van der Waals surface area contributed by atoms with E-state index in [-0.39, 0.29) is 12.7 Å². The van der Waals surface area contributed by atoms with Crippen molar-refractivity contribution in [2.24, 2.45) is 0 Å². The number of carbonyl (C=O) groups is 1. The van der Waals surface area contributed by atoms with Gasteiger partial charge in [0.05, 0.1) is 0 Å². The summed E-state index contributed by atoms with van der Waals surface area (Å²) in [6.45, 7) is 1.74. The van der Waals surface area contributed by atoms with Gasteiger partial charge in [0.2, 0.25) is 6.79 Å². The van der Waals surface area contributed by atoms with Gasteiger partial charge in [-0.15, -0.1) is 0 Å². The number of hydrogen-bond acceptors (Lipinski definition) is 3. The SMILES string of the molecule is O=C(c1ccc2c(c1)OCO2)N1CCC(c2c[nH]c3ccccc23)C1. The Kier molecular flexibility index (Phi) is 3.20. The number of aromatic amines is 1. The molecule has 0 saturated carbocycles. The number of amides is 1. The minimum Gasteiger partial charge on any atom is -0.454 e. The van der Waals surface area contributed by atoms with Gasteiger partial charge in [0.1, 0.15) is 0 Å². The summed E-state index contributed by atoms with van der Waals surface area (Å²) in [7, 11) is 0. The Bertz CT molecular complexity index is 962. The molecule has 1 fully saturated rings. The van der Waals surface area contributed by atoms with Gasteiger partial charge in [0, 0.05) is 41.7 Å². The first kappa shape index (κ1) is 14.4. The standard InChI is InChI=1S/C20H18N2O3/c23-20(13-5-6-18-19(9-13)25-12-24-18)22-8-7-14(11-22)16-10-21-17-4-2-1-3-15(16)17/h1-6,9-10,14,21H,7-8,11-12H2. The Morgan fingerprint density at radius 2 is 2.00 bits per heavy atom. The van der Waals surface area contributed by atoms with Crippen molar-refractivity contribution in [2.45, 2.75) is 12.3 Å². The molecule has 1 N–H and O–H groups in total. The van der Waals surface area contributed by atoms with Gasteiger partial charge in [-0.3, -0.25) is 4.79 Å². The van der Waals surface area contributed by atoms with Crippen LogP contribution in [0.3, 0.4) is 0 Å². The van der Waals surface area contributed by atoms with Crippen LogP contribution >= 0.6 is 0 Å². The summed E-state index contributed by atoms with van der Waals surface area (Å²) in [4.78, 5) is 18.1. The number of hydrogen-bond donors (Lipinski definition) is 1. The summed E-state index contributed by atoms with van der Waals surface area (Å²) >= 11 is 0. The summed E-state index contributed by atoms with van der Waals surface area (Å²) in [5, 5.41) is 1.25. The number of para-hydroxylation sites is 1. The molecule has 1 unspecified atom stereocenters. The molecule has 126 valence electrons. The van der Waals surface area contributed by atoms with Gasteiger partial charge in [-0.1, -0.05) is 18.2 Å². The molecule has 2 aliphatic heterocycles. The summed E-state index contributed by atoms with van der Waals surface area (Å²) in [6, 6.07) is 13.7. The first-order valence-electron chi connectivity index (χ1n) is 8.54. The smallest absolute Gasteiger partial charge is 0.254 e. The Balaban J connectivity index is 1.37. The van der Waals surface area contributed by atoms with Crippen molar-refractivity contribution in [3.05, 3.63) is 59.8 Å². The number of H-pyrrole nitrogens is 1. The van der Waals surface area contributed by atoms with Crippen LogP contribution in [0.5, 0.6) is 11.5 Å². The monoisotopic (exact) mass is 334 g/mol. The van der Waals surface area contributed by atoms with Crippen molar-refractivity contribution in [3.8, 4) is 11.5 Å². The number of nitrogens with zero attached hydrogens (tertiary/aromatic N) is 1. The molecule has 0 spiro atoms. The van der Waals surface area contributed by atoms with Crippen LogP contribution in [0.4, 0.5) is 0 Å². The number of likely N-dealkylation sites (tertiary alicyclic amines) is 1. The Morgan fingerprint density at radius 3 is 2.96 bits per heavy atom. The third kappa shape index (κ3) is 2.35. The number of fused-ring (bicyclic) bond motifs is 2. The fraction of sp³-hybridized carbons (Fsp3) is 0.250. The van der Waals surface area contributed by atoms with E-state index in [1.54, 1.807) is 6.07 Å². The molecule has 2 aromatic carbocycles. The largest absolute Gasteiger partial charge is 0.454 e. The fourth-order valence-corrected chi connectivity index (χ4v) is 3.84. The number of ether oxygens (including phenoxy) is 2. The number of carbonyl (C=O) groups excluding carboxylic acids is 1. The van der Waals surface area contributed by atoms with Crippen molar-refractivity contribution in [3.63, 3.8) is 0 Å². The van der Waals surface area contributed by atoms with E-state index in [1.807, 2.05) is 23.1 Å². The average Bonchev–Trinajstić information content (AvgIpc) is 3.38. The minimum atomic E-state index is 0.0561. The lowest BCUT2D eigenvalue weighted by Crippen LogP contribution is -2.28. The van der Waals surface area contributed by atoms with Crippen LogP contribution in [0.25, 0.3) is 10.9 Å². The normalized spacial score (nSPS) is 18.9. The second-order valence-corrected chi connectivity index (χ2v) is 6.59. The van der Waals surface area contributed by atoms with E-state index < -0.39 is 0 Å². The van der Waals surface area contributed by atoms with E-state index in [2.05, 4.69) is 29.4 Å². The molecule has 1 amide bonds. The Morgan fingerprint density at radius 1 is 1.12 bits per heavy atom. The number of benzene rings is 2. The Hall–Kier alpha value is -2.95. The van der Waals surface area contributed by atoms with Crippen molar-refractivity contribution in [1.82, 2.24) is 9.88 Å². The number of nitrogens with one attached hydrogen (secondary N) is 1. The van der Waals surface area contributed by atoms with E-state index in [0.29, 0.717) is 23.0 Å². The van der Waals surface area contributed by atoms with Crippen molar-refractivity contribution in [2.75, 3.05) is 19.9 Å². The second kappa shape index (κ2) is 5.55. The van der Waals surface area contributed by atoms with Crippen LogP contribution in [0, 0.1) is 0 Å². The maximum atomic E-state index is 12.8. The van der Waals surface area contributed by atoms with Crippen molar-refractivity contribution < 1.29 is 14.3 Å². The average molecular weight is 334 g/mol. The molecule has 0 bridgehead atoms. The molecule has 0 radical (unpaired) electrons. The summed E-state index contributed by atoms with van der Waals surface area (Å²) < 4.78 is 10.7. The zero-order valence-electron chi connectivity index (χ0n) is 13.7. The highest BCUT2D eigenvalue weighted by atomic mass is 16.7. The molecule has 3 aromatic rings. The van der Waals surface area contributed by atoms with Crippen LogP contribution < -0.4 is 9.47 Å². The molecule has 1 atom stereocenters. The molecule has 25 heavy (non-hydrogen) atoms. The second-order valence-electron chi connectivity index (χ2n) is 6.59. The van der Waals surface area contributed by atoms with Gasteiger partial charge >= 0.3 is 0 Å².